The van der Waals surface area contributed by atoms with Gasteiger partial charge in [0.25, 0.3) is 0 Å². The van der Waals surface area contributed by atoms with Crippen molar-refractivity contribution in [2.45, 2.75) is 19.3 Å². The standard InChI is InChI=1S/C14H17ClN2O3/c15-12-2-1-10(8-11(12)14(19)20)17-13(18)7-9-3-5-16-6-4-9/h1-2,8-9,16H,3-7H2,(H,17,18)(H,19,20). The highest BCUT2D eigenvalue weighted by Gasteiger charge is 2.17. The third-order valence-electron chi connectivity index (χ3n) is 3.41. The minimum atomic E-state index is -1.11. The van der Waals surface area contributed by atoms with Gasteiger partial charge in [0.05, 0.1) is 10.6 Å². The zero-order chi connectivity index (χ0) is 14.5. The fourth-order valence-corrected chi connectivity index (χ4v) is 2.53. The van der Waals surface area contributed by atoms with Crippen LogP contribution in [0.15, 0.2) is 18.2 Å². The number of halogens is 1. The van der Waals surface area contributed by atoms with Crippen LogP contribution >= 0.6 is 11.6 Å². The smallest absolute Gasteiger partial charge is 0.337 e. The van der Waals surface area contributed by atoms with Crippen LogP contribution in [-0.2, 0) is 4.79 Å². The van der Waals surface area contributed by atoms with Crippen molar-refractivity contribution in [1.29, 1.82) is 0 Å². The molecule has 0 saturated carbocycles. The molecule has 1 amide bonds. The zero-order valence-corrected chi connectivity index (χ0v) is 11.7. The second-order valence-electron chi connectivity index (χ2n) is 4.95. The molecule has 1 aliphatic heterocycles. The van der Waals surface area contributed by atoms with Crippen molar-refractivity contribution >= 4 is 29.2 Å². The molecule has 5 nitrogen and oxygen atoms in total. The van der Waals surface area contributed by atoms with Crippen LogP contribution in [0.25, 0.3) is 0 Å². The van der Waals surface area contributed by atoms with E-state index in [1.807, 2.05) is 0 Å². The van der Waals surface area contributed by atoms with Crippen LogP contribution < -0.4 is 10.6 Å². The van der Waals surface area contributed by atoms with Crippen molar-refractivity contribution in [2.75, 3.05) is 18.4 Å². The number of rotatable bonds is 4. The lowest BCUT2D eigenvalue weighted by Crippen LogP contribution is -2.30. The molecule has 20 heavy (non-hydrogen) atoms. The molecule has 1 heterocycles. The minimum absolute atomic E-state index is 0.00802. The summed E-state index contributed by atoms with van der Waals surface area (Å²) < 4.78 is 0. The molecular formula is C14H17ClN2O3. The van der Waals surface area contributed by atoms with Crippen LogP contribution in [0, 0.1) is 5.92 Å². The summed E-state index contributed by atoms with van der Waals surface area (Å²) in [5.41, 5.74) is 0.456. The van der Waals surface area contributed by atoms with Gasteiger partial charge in [-0.25, -0.2) is 4.79 Å². The van der Waals surface area contributed by atoms with E-state index < -0.39 is 5.97 Å². The summed E-state index contributed by atoms with van der Waals surface area (Å²) in [5.74, 6) is -0.803. The topological polar surface area (TPSA) is 78.4 Å². The van der Waals surface area contributed by atoms with Crippen LogP contribution in [0.4, 0.5) is 5.69 Å². The third-order valence-corrected chi connectivity index (χ3v) is 3.74. The van der Waals surface area contributed by atoms with E-state index in [0.717, 1.165) is 25.9 Å². The van der Waals surface area contributed by atoms with E-state index in [4.69, 9.17) is 16.7 Å². The molecule has 3 N–H and O–H groups in total. The number of carbonyl (C=O) groups excluding carboxylic acids is 1. The normalized spacial score (nSPS) is 15.8. The Bertz CT molecular complexity index is 513. The first-order valence-electron chi connectivity index (χ1n) is 6.59. The summed E-state index contributed by atoms with van der Waals surface area (Å²) in [6, 6.07) is 4.46. The molecule has 1 fully saturated rings. The van der Waals surface area contributed by atoms with Crippen LogP contribution in [-0.4, -0.2) is 30.1 Å². The SMILES string of the molecule is O=C(CC1CCNCC1)Nc1ccc(Cl)c(C(=O)O)c1. The van der Waals surface area contributed by atoms with E-state index >= 15 is 0 Å². The summed E-state index contributed by atoms with van der Waals surface area (Å²) in [6.07, 6.45) is 2.45. The predicted octanol–water partition coefficient (Wildman–Crippen LogP) is 2.37. The van der Waals surface area contributed by atoms with Gasteiger partial charge < -0.3 is 15.7 Å². The quantitative estimate of drug-likeness (QED) is 0.797. The molecule has 0 radical (unpaired) electrons. The van der Waals surface area contributed by atoms with Crippen LogP contribution in [0.3, 0.4) is 0 Å². The van der Waals surface area contributed by atoms with Gasteiger partial charge in [-0.05, 0) is 50.0 Å². The Morgan fingerprint density at radius 3 is 2.70 bits per heavy atom. The van der Waals surface area contributed by atoms with Gasteiger partial charge in [0, 0.05) is 12.1 Å². The van der Waals surface area contributed by atoms with Crippen molar-refractivity contribution in [1.82, 2.24) is 5.32 Å². The van der Waals surface area contributed by atoms with Crippen molar-refractivity contribution in [3.05, 3.63) is 28.8 Å². The Kier molecular flexibility index (Phi) is 4.98. The van der Waals surface area contributed by atoms with Gasteiger partial charge in [-0.3, -0.25) is 4.79 Å². The third kappa shape index (κ3) is 3.95. The minimum Gasteiger partial charge on any atom is -0.478 e. The monoisotopic (exact) mass is 296 g/mol. The van der Waals surface area contributed by atoms with Gasteiger partial charge in [-0.15, -0.1) is 0 Å². The summed E-state index contributed by atoms with van der Waals surface area (Å²) in [6.45, 7) is 1.89. The fraction of sp³-hybridized carbons (Fsp3) is 0.429. The summed E-state index contributed by atoms with van der Waals surface area (Å²) in [4.78, 5) is 22.9. The largest absolute Gasteiger partial charge is 0.478 e. The van der Waals surface area contributed by atoms with Crippen LogP contribution in [0.5, 0.6) is 0 Å². The van der Waals surface area contributed by atoms with Gasteiger partial charge in [0.2, 0.25) is 5.91 Å². The van der Waals surface area contributed by atoms with E-state index in [9.17, 15) is 9.59 Å². The van der Waals surface area contributed by atoms with Crippen molar-refractivity contribution < 1.29 is 14.7 Å². The molecule has 1 aromatic rings. The molecule has 0 aliphatic carbocycles. The molecule has 0 unspecified atom stereocenters. The number of nitrogens with one attached hydrogen (secondary N) is 2. The second kappa shape index (κ2) is 6.72. The Labute approximate surface area is 122 Å². The highest BCUT2D eigenvalue weighted by molar-refractivity contribution is 6.33. The zero-order valence-electron chi connectivity index (χ0n) is 11.0. The molecule has 1 saturated heterocycles. The second-order valence-corrected chi connectivity index (χ2v) is 5.35. The maximum absolute atomic E-state index is 11.9. The van der Waals surface area contributed by atoms with Crippen LogP contribution in [0.2, 0.25) is 5.02 Å². The van der Waals surface area contributed by atoms with Gasteiger partial charge in [-0.2, -0.15) is 0 Å². The number of aromatic carboxylic acids is 1. The number of carboxylic acids is 1. The Balaban J connectivity index is 1.96. The van der Waals surface area contributed by atoms with Crippen molar-refractivity contribution in [3.63, 3.8) is 0 Å². The van der Waals surface area contributed by atoms with E-state index in [-0.39, 0.29) is 16.5 Å². The molecule has 108 valence electrons. The van der Waals surface area contributed by atoms with Gasteiger partial charge in [-0.1, -0.05) is 11.6 Å². The lowest BCUT2D eigenvalue weighted by Gasteiger charge is -2.21. The lowest BCUT2D eigenvalue weighted by molar-refractivity contribution is -0.117. The fourth-order valence-electron chi connectivity index (χ4n) is 2.33. The first-order valence-corrected chi connectivity index (χ1v) is 6.97. The number of hydrogen-bond acceptors (Lipinski definition) is 3. The van der Waals surface area contributed by atoms with Gasteiger partial charge >= 0.3 is 5.97 Å². The summed E-state index contributed by atoms with van der Waals surface area (Å²) in [7, 11) is 0. The molecule has 0 atom stereocenters. The first-order chi connectivity index (χ1) is 9.56. The number of piperidine rings is 1. The average molecular weight is 297 g/mol. The lowest BCUT2D eigenvalue weighted by atomic mass is 9.94. The highest BCUT2D eigenvalue weighted by Crippen LogP contribution is 2.22. The Morgan fingerprint density at radius 2 is 2.05 bits per heavy atom. The molecule has 0 bridgehead atoms. The van der Waals surface area contributed by atoms with Gasteiger partial charge in [0.15, 0.2) is 0 Å². The molecule has 0 spiro atoms. The predicted molar refractivity (Wildman–Crippen MR) is 77.3 cm³/mol. The van der Waals surface area contributed by atoms with E-state index in [2.05, 4.69) is 10.6 Å². The molecule has 6 heteroatoms. The molecule has 1 aromatic carbocycles. The number of carbonyl (C=O) groups is 2. The number of benzene rings is 1. The first kappa shape index (κ1) is 14.8. The average Bonchev–Trinajstić information content (AvgIpc) is 2.41. The van der Waals surface area contributed by atoms with Crippen LogP contribution in [0.1, 0.15) is 29.6 Å². The van der Waals surface area contributed by atoms with E-state index in [1.165, 1.54) is 12.1 Å². The Morgan fingerprint density at radius 1 is 1.35 bits per heavy atom. The number of anilines is 1. The van der Waals surface area contributed by atoms with E-state index in [0.29, 0.717) is 18.0 Å². The number of hydrogen-bond donors (Lipinski definition) is 3. The Hall–Kier alpha value is -1.59. The summed E-state index contributed by atoms with van der Waals surface area (Å²) in [5, 5.41) is 15.1. The molecule has 1 aliphatic rings. The maximum Gasteiger partial charge on any atom is 0.337 e. The molecular weight excluding hydrogens is 280 g/mol. The number of amides is 1. The van der Waals surface area contributed by atoms with Gasteiger partial charge in [0.1, 0.15) is 0 Å². The van der Waals surface area contributed by atoms with Crippen molar-refractivity contribution in [2.24, 2.45) is 5.92 Å². The molecule has 0 aromatic heterocycles. The molecule has 2 rings (SSSR count). The summed E-state index contributed by atoms with van der Waals surface area (Å²) >= 11 is 5.78. The highest BCUT2D eigenvalue weighted by atomic mass is 35.5. The number of carboxylic acid groups (broad SMARTS) is 1. The van der Waals surface area contributed by atoms with E-state index in [1.54, 1.807) is 6.07 Å². The maximum atomic E-state index is 11.9. The van der Waals surface area contributed by atoms with Crippen molar-refractivity contribution in [3.8, 4) is 0 Å².